The molecule has 5 heteroatoms. The molecular weight excluding hydrogens is 264 g/mol. The minimum absolute atomic E-state index is 0.163. The van der Waals surface area contributed by atoms with Crippen molar-refractivity contribution in [3.8, 4) is 11.5 Å². The second-order valence-corrected chi connectivity index (χ2v) is 4.90. The first kappa shape index (κ1) is 13.5. The summed E-state index contributed by atoms with van der Waals surface area (Å²) in [5, 5.41) is 3.99. The van der Waals surface area contributed by atoms with Gasteiger partial charge >= 0.3 is 0 Å². The first-order valence-electron chi connectivity index (χ1n) is 6.79. The van der Waals surface area contributed by atoms with Crippen LogP contribution >= 0.6 is 0 Å². The number of hydrogen-bond acceptors (Lipinski definition) is 5. The van der Waals surface area contributed by atoms with Crippen molar-refractivity contribution in [3.63, 3.8) is 0 Å². The Morgan fingerprint density at radius 1 is 1.14 bits per heavy atom. The molecule has 0 radical (unpaired) electrons. The number of nitrogens with zero attached hydrogens (tertiary/aromatic N) is 3. The summed E-state index contributed by atoms with van der Waals surface area (Å²) in [6.07, 6.45) is 2.22. The van der Waals surface area contributed by atoms with E-state index in [1.54, 1.807) is 6.20 Å². The lowest BCUT2D eigenvalue weighted by Crippen LogP contribution is -2.13. The molecule has 0 bridgehead atoms. The van der Waals surface area contributed by atoms with Gasteiger partial charge in [0.15, 0.2) is 0 Å². The van der Waals surface area contributed by atoms with Crippen LogP contribution in [0.15, 0.2) is 53.2 Å². The zero-order valence-corrected chi connectivity index (χ0v) is 11.7. The fourth-order valence-electron chi connectivity index (χ4n) is 2.16. The second kappa shape index (κ2) is 5.85. The topological polar surface area (TPSA) is 77.8 Å². The standard InChI is InChI=1S/C16H16N4O/c1-11-6-5-9-18-15(11)16-19-14(21-20-16)10-13(17)12-7-3-2-4-8-12/h2-9,13H,10,17H2,1H3. The van der Waals surface area contributed by atoms with Crippen LogP contribution in [0.3, 0.4) is 0 Å². The Labute approximate surface area is 122 Å². The summed E-state index contributed by atoms with van der Waals surface area (Å²) < 4.78 is 5.29. The molecule has 3 rings (SSSR count). The molecule has 0 aliphatic carbocycles. The van der Waals surface area contributed by atoms with E-state index in [1.165, 1.54) is 0 Å². The van der Waals surface area contributed by atoms with Crippen LogP contribution in [0.2, 0.25) is 0 Å². The number of hydrogen-bond donors (Lipinski definition) is 1. The smallest absolute Gasteiger partial charge is 0.228 e. The first-order chi connectivity index (χ1) is 10.2. The van der Waals surface area contributed by atoms with Gasteiger partial charge in [0.25, 0.3) is 0 Å². The molecule has 3 aromatic rings. The van der Waals surface area contributed by atoms with Crippen molar-refractivity contribution >= 4 is 0 Å². The monoisotopic (exact) mass is 280 g/mol. The maximum absolute atomic E-state index is 6.16. The third kappa shape index (κ3) is 2.98. The van der Waals surface area contributed by atoms with Gasteiger partial charge in [-0.1, -0.05) is 41.6 Å². The minimum Gasteiger partial charge on any atom is -0.339 e. The predicted octanol–water partition coefficient (Wildman–Crippen LogP) is 2.68. The highest BCUT2D eigenvalue weighted by Crippen LogP contribution is 2.19. The van der Waals surface area contributed by atoms with Crippen LogP contribution in [-0.4, -0.2) is 15.1 Å². The second-order valence-electron chi connectivity index (χ2n) is 4.90. The summed E-state index contributed by atoms with van der Waals surface area (Å²) in [4.78, 5) is 8.67. The van der Waals surface area contributed by atoms with Gasteiger partial charge in [0.05, 0.1) is 0 Å². The molecule has 2 heterocycles. The van der Waals surface area contributed by atoms with Gasteiger partial charge in [-0.15, -0.1) is 0 Å². The molecule has 0 saturated heterocycles. The zero-order chi connectivity index (χ0) is 14.7. The van der Waals surface area contributed by atoms with E-state index in [1.807, 2.05) is 49.4 Å². The quantitative estimate of drug-likeness (QED) is 0.795. The van der Waals surface area contributed by atoms with Crippen LogP contribution in [0.25, 0.3) is 11.5 Å². The molecule has 106 valence electrons. The number of nitrogens with two attached hydrogens (primary N) is 1. The average Bonchev–Trinajstić information content (AvgIpc) is 2.97. The van der Waals surface area contributed by atoms with Crippen molar-refractivity contribution in [1.29, 1.82) is 0 Å². The summed E-state index contributed by atoms with van der Waals surface area (Å²) in [6.45, 7) is 1.97. The van der Waals surface area contributed by atoms with Crippen molar-refractivity contribution in [2.75, 3.05) is 0 Å². The fraction of sp³-hybridized carbons (Fsp3) is 0.188. The summed E-state index contributed by atoms with van der Waals surface area (Å²) in [6, 6.07) is 13.6. The van der Waals surface area contributed by atoms with Gasteiger partial charge in [0.2, 0.25) is 11.7 Å². The SMILES string of the molecule is Cc1cccnc1-c1noc(CC(N)c2ccccc2)n1. The maximum Gasteiger partial charge on any atom is 0.228 e. The van der Waals surface area contributed by atoms with E-state index < -0.39 is 0 Å². The van der Waals surface area contributed by atoms with E-state index >= 15 is 0 Å². The van der Waals surface area contributed by atoms with Gasteiger partial charge in [-0.05, 0) is 24.1 Å². The van der Waals surface area contributed by atoms with Gasteiger partial charge in [0, 0.05) is 18.7 Å². The van der Waals surface area contributed by atoms with Crippen molar-refractivity contribution in [3.05, 3.63) is 65.7 Å². The summed E-state index contributed by atoms with van der Waals surface area (Å²) >= 11 is 0. The number of aryl methyl sites for hydroxylation is 1. The first-order valence-corrected chi connectivity index (χ1v) is 6.79. The molecule has 0 aliphatic heterocycles. The molecule has 2 aromatic heterocycles. The molecule has 2 N–H and O–H groups in total. The van der Waals surface area contributed by atoms with Crippen LogP contribution in [0.5, 0.6) is 0 Å². The molecule has 0 aliphatic rings. The molecule has 1 aromatic carbocycles. The average molecular weight is 280 g/mol. The number of aromatic nitrogens is 3. The fourth-order valence-corrected chi connectivity index (χ4v) is 2.16. The van der Waals surface area contributed by atoms with Gasteiger partial charge in [0.1, 0.15) is 5.69 Å². The molecule has 0 fully saturated rings. The largest absolute Gasteiger partial charge is 0.339 e. The van der Waals surface area contributed by atoms with E-state index in [-0.39, 0.29) is 6.04 Å². The van der Waals surface area contributed by atoms with Crippen LogP contribution in [-0.2, 0) is 6.42 Å². The molecule has 0 spiro atoms. The summed E-state index contributed by atoms with van der Waals surface area (Å²) in [7, 11) is 0. The van der Waals surface area contributed by atoms with Crippen molar-refractivity contribution in [2.24, 2.45) is 5.73 Å². The number of pyridine rings is 1. The van der Waals surface area contributed by atoms with E-state index in [0.29, 0.717) is 18.1 Å². The van der Waals surface area contributed by atoms with Crippen LogP contribution in [0, 0.1) is 6.92 Å². The molecule has 0 amide bonds. The Morgan fingerprint density at radius 2 is 1.95 bits per heavy atom. The zero-order valence-electron chi connectivity index (χ0n) is 11.7. The van der Waals surface area contributed by atoms with Gasteiger partial charge < -0.3 is 10.3 Å². The van der Waals surface area contributed by atoms with Crippen LogP contribution < -0.4 is 5.73 Å². The van der Waals surface area contributed by atoms with Gasteiger partial charge in [-0.3, -0.25) is 4.98 Å². The Bertz CT molecular complexity index is 724. The molecular formula is C16H16N4O. The molecule has 21 heavy (non-hydrogen) atoms. The van der Waals surface area contributed by atoms with Crippen molar-refractivity contribution in [2.45, 2.75) is 19.4 Å². The highest BCUT2D eigenvalue weighted by molar-refractivity contribution is 5.53. The lowest BCUT2D eigenvalue weighted by molar-refractivity contribution is 0.370. The third-order valence-electron chi connectivity index (χ3n) is 3.31. The Kier molecular flexibility index (Phi) is 3.75. The molecule has 1 atom stereocenters. The van der Waals surface area contributed by atoms with E-state index in [0.717, 1.165) is 16.8 Å². The Balaban J connectivity index is 1.78. The summed E-state index contributed by atoms with van der Waals surface area (Å²) in [5.41, 5.74) is 8.96. The minimum atomic E-state index is -0.163. The normalized spacial score (nSPS) is 12.3. The third-order valence-corrected chi connectivity index (χ3v) is 3.31. The molecule has 5 nitrogen and oxygen atoms in total. The van der Waals surface area contributed by atoms with Crippen molar-refractivity contribution < 1.29 is 4.52 Å². The molecule has 1 unspecified atom stereocenters. The number of rotatable bonds is 4. The highest BCUT2D eigenvalue weighted by Gasteiger charge is 2.15. The summed E-state index contributed by atoms with van der Waals surface area (Å²) in [5.74, 6) is 1.02. The van der Waals surface area contributed by atoms with Crippen molar-refractivity contribution in [1.82, 2.24) is 15.1 Å². The highest BCUT2D eigenvalue weighted by atomic mass is 16.5. The van der Waals surface area contributed by atoms with E-state index in [4.69, 9.17) is 10.3 Å². The van der Waals surface area contributed by atoms with E-state index in [2.05, 4.69) is 15.1 Å². The number of benzene rings is 1. The van der Waals surface area contributed by atoms with Gasteiger partial charge in [-0.25, -0.2) is 0 Å². The lowest BCUT2D eigenvalue weighted by atomic mass is 10.1. The lowest BCUT2D eigenvalue weighted by Gasteiger charge is -2.08. The Morgan fingerprint density at radius 3 is 2.71 bits per heavy atom. The predicted molar refractivity (Wildman–Crippen MR) is 79.3 cm³/mol. The van der Waals surface area contributed by atoms with Crippen LogP contribution in [0.1, 0.15) is 23.1 Å². The van der Waals surface area contributed by atoms with E-state index in [9.17, 15) is 0 Å². The Hall–Kier alpha value is -2.53. The van der Waals surface area contributed by atoms with Crippen LogP contribution in [0.4, 0.5) is 0 Å². The van der Waals surface area contributed by atoms with Gasteiger partial charge in [-0.2, -0.15) is 4.98 Å². The maximum atomic E-state index is 6.16. The molecule has 0 saturated carbocycles.